The van der Waals surface area contributed by atoms with Gasteiger partial charge < -0.3 is 50.3 Å². The number of aliphatic hydroxyl groups excluding tert-OH is 4. The summed E-state index contributed by atoms with van der Waals surface area (Å²) in [7, 11) is 0. The number of aliphatic hydroxyl groups is 4. The Kier molecular flexibility index (Phi) is 7.29. The SMILES string of the molecule is O=C([O-])C[C@H](NC(=O)CC1C(=O)N([C@@H]2O[C@H](CO)[C@@H](O)[C@H](O)[C@H]2O)c2ccccc21)C(=O)[O-]. The molecular formula is C20H22N2O11-2. The van der Waals surface area contributed by atoms with Crippen molar-refractivity contribution in [2.24, 2.45) is 0 Å². The van der Waals surface area contributed by atoms with Crippen LogP contribution in [-0.4, -0.2) is 87.5 Å². The lowest BCUT2D eigenvalue weighted by molar-refractivity contribution is -0.317. The summed E-state index contributed by atoms with van der Waals surface area (Å²) in [5, 5.41) is 63.7. The number of fused-ring (bicyclic) bond motifs is 1. The summed E-state index contributed by atoms with van der Waals surface area (Å²) >= 11 is 0. The number of rotatable bonds is 8. The van der Waals surface area contributed by atoms with Gasteiger partial charge in [-0.1, -0.05) is 18.2 Å². The number of hydrogen-bond donors (Lipinski definition) is 5. The molecule has 7 atom stereocenters. The van der Waals surface area contributed by atoms with E-state index in [4.69, 9.17) is 4.74 Å². The molecule has 0 spiro atoms. The van der Waals surface area contributed by atoms with Crippen molar-refractivity contribution < 1.29 is 54.6 Å². The molecule has 2 amide bonds. The molecule has 5 N–H and O–H groups in total. The highest BCUT2D eigenvalue weighted by Crippen LogP contribution is 2.42. The van der Waals surface area contributed by atoms with Crippen LogP contribution in [0.2, 0.25) is 0 Å². The normalized spacial score (nSPS) is 29.9. The van der Waals surface area contributed by atoms with E-state index in [9.17, 15) is 49.8 Å². The van der Waals surface area contributed by atoms with Gasteiger partial charge in [-0.2, -0.15) is 0 Å². The Morgan fingerprint density at radius 1 is 1.09 bits per heavy atom. The number of anilines is 1. The lowest BCUT2D eigenvalue weighted by Crippen LogP contribution is -2.64. The van der Waals surface area contributed by atoms with Crippen molar-refractivity contribution in [3.8, 4) is 0 Å². The van der Waals surface area contributed by atoms with Crippen LogP contribution in [0.15, 0.2) is 24.3 Å². The lowest BCUT2D eigenvalue weighted by atomic mass is 9.96. The number of nitrogens with one attached hydrogen (secondary N) is 1. The average molecular weight is 466 g/mol. The van der Waals surface area contributed by atoms with Crippen LogP contribution in [0, 0.1) is 0 Å². The first kappa shape index (κ1) is 24.5. The Balaban J connectivity index is 1.85. The molecule has 13 nitrogen and oxygen atoms in total. The molecule has 1 aromatic rings. The van der Waals surface area contributed by atoms with Crippen molar-refractivity contribution in [1.29, 1.82) is 0 Å². The zero-order valence-electron chi connectivity index (χ0n) is 17.1. The second kappa shape index (κ2) is 9.80. The van der Waals surface area contributed by atoms with Crippen molar-refractivity contribution in [2.45, 2.75) is 55.4 Å². The minimum absolute atomic E-state index is 0.232. The van der Waals surface area contributed by atoms with Crippen molar-refractivity contribution in [1.82, 2.24) is 5.32 Å². The van der Waals surface area contributed by atoms with E-state index in [1.165, 1.54) is 12.1 Å². The molecule has 1 unspecified atom stereocenters. The summed E-state index contributed by atoms with van der Waals surface area (Å²) in [6, 6.07) is 4.29. The van der Waals surface area contributed by atoms with Crippen LogP contribution in [0.3, 0.4) is 0 Å². The summed E-state index contributed by atoms with van der Waals surface area (Å²) in [6.45, 7) is -0.708. The molecule has 0 aromatic heterocycles. The third-order valence-electron chi connectivity index (χ3n) is 5.61. The number of hydrogen-bond acceptors (Lipinski definition) is 11. The number of carboxylic acid groups (broad SMARTS) is 2. The number of amides is 2. The first-order chi connectivity index (χ1) is 15.6. The zero-order chi connectivity index (χ0) is 24.4. The quantitative estimate of drug-likeness (QED) is 0.243. The van der Waals surface area contributed by atoms with E-state index in [0.717, 1.165) is 4.90 Å². The largest absolute Gasteiger partial charge is 0.550 e. The number of para-hydroxylation sites is 1. The molecule has 13 heteroatoms. The number of nitrogens with zero attached hydrogens (tertiary/aromatic N) is 1. The molecule has 2 aliphatic heterocycles. The van der Waals surface area contributed by atoms with Gasteiger partial charge in [0.05, 0.1) is 30.2 Å². The van der Waals surface area contributed by atoms with Gasteiger partial charge >= 0.3 is 0 Å². The maximum Gasteiger partial charge on any atom is 0.237 e. The topological polar surface area (TPSA) is 220 Å². The van der Waals surface area contributed by atoms with Gasteiger partial charge in [0.1, 0.15) is 24.4 Å². The lowest BCUT2D eigenvalue weighted by Gasteiger charge is -2.43. The Morgan fingerprint density at radius 2 is 1.76 bits per heavy atom. The van der Waals surface area contributed by atoms with Gasteiger partial charge in [0, 0.05) is 18.8 Å². The van der Waals surface area contributed by atoms with E-state index < -0.39 is 85.8 Å². The number of carbonyl (C=O) groups is 4. The Hall–Kier alpha value is -3.10. The van der Waals surface area contributed by atoms with E-state index >= 15 is 0 Å². The molecule has 2 heterocycles. The van der Waals surface area contributed by atoms with Crippen molar-refractivity contribution in [3.05, 3.63) is 29.8 Å². The minimum Gasteiger partial charge on any atom is -0.550 e. The number of aliphatic carboxylic acids is 2. The van der Waals surface area contributed by atoms with Crippen molar-refractivity contribution in [3.63, 3.8) is 0 Å². The van der Waals surface area contributed by atoms with Crippen LogP contribution in [-0.2, 0) is 23.9 Å². The Labute approximate surface area is 186 Å². The van der Waals surface area contributed by atoms with Gasteiger partial charge in [0.25, 0.3) is 0 Å². The molecule has 33 heavy (non-hydrogen) atoms. The fourth-order valence-corrected chi connectivity index (χ4v) is 3.97. The summed E-state index contributed by atoms with van der Waals surface area (Å²) < 4.78 is 5.47. The molecule has 180 valence electrons. The monoisotopic (exact) mass is 466 g/mol. The van der Waals surface area contributed by atoms with E-state index in [0.29, 0.717) is 5.56 Å². The predicted octanol–water partition coefficient (Wildman–Crippen LogP) is -5.32. The molecule has 1 aromatic carbocycles. The second-order valence-electron chi connectivity index (χ2n) is 7.76. The summed E-state index contributed by atoms with van der Waals surface area (Å²) in [5.74, 6) is -6.40. The standard InChI is InChI=1S/C20H24N2O11/c23-7-12-15(27)16(28)17(29)19(33-12)22-11-4-2-1-3-8(11)9(18(22)30)5-13(24)21-10(20(31)32)6-14(25)26/h1-4,9-10,12,15-17,19,23,27-29H,5-7H2,(H,21,24)(H,25,26)(H,31,32)/p-2/t9?,10-,12+,15+,16-,17+,19+/m0/s1. The fourth-order valence-electron chi connectivity index (χ4n) is 3.97. The fraction of sp³-hybridized carbons (Fsp3) is 0.500. The Morgan fingerprint density at radius 3 is 2.36 bits per heavy atom. The third-order valence-corrected chi connectivity index (χ3v) is 5.61. The van der Waals surface area contributed by atoms with Gasteiger partial charge in [0.2, 0.25) is 11.8 Å². The highest BCUT2D eigenvalue weighted by molar-refractivity contribution is 6.07. The molecule has 1 saturated heterocycles. The molecule has 0 saturated carbocycles. The predicted molar refractivity (Wildman–Crippen MR) is 102 cm³/mol. The van der Waals surface area contributed by atoms with Crippen LogP contribution in [0.5, 0.6) is 0 Å². The highest BCUT2D eigenvalue weighted by Gasteiger charge is 2.51. The molecule has 0 aliphatic carbocycles. The van der Waals surface area contributed by atoms with Crippen molar-refractivity contribution >= 4 is 29.4 Å². The molecule has 1 fully saturated rings. The maximum absolute atomic E-state index is 13.2. The zero-order valence-corrected chi connectivity index (χ0v) is 17.1. The summed E-state index contributed by atoms with van der Waals surface area (Å²) in [6.07, 6.45) is -9.50. The minimum atomic E-state index is -1.87. The van der Waals surface area contributed by atoms with Crippen LogP contribution >= 0.6 is 0 Å². The Bertz CT molecular complexity index is 936. The van der Waals surface area contributed by atoms with Gasteiger partial charge in [-0.05, 0) is 11.6 Å². The molecular weight excluding hydrogens is 444 g/mol. The van der Waals surface area contributed by atoms with Crippen LogP contribution in [0.1, 0.15) is 24.3 Å². The maximum atomic E-state index is 13.2. The first-order valence-electron chi connectivity index (χ1n) is 9.99. The van der Waals surface area contributed by atoms with Gasteiger partial charge in [0.15, 0.2) is 6.23 Å². The summed E-state index contributed by atoms with van der Waals surface area (Å²) in [4.78, 5) is 48.4. The van der Waals surface area contributed by atoms with Gasteiger partial charge in [-0.25, -0.2) is 0 Å². The summed E-state index contributed by atoms with van der Waals surface area (Å²) in [5.41, 5.74) is 0.565. The number of ether oxygens (including phenoxy) is 1. The van der Waals surface area contributed by atoms with Crippen LogP contribution < -0.4 is 20.4 Å². The van der Waals surface area contributed by atoms with E-state index in [1.54, 1.807) is 12.1 Å². The van der Waals surface area contributed by atoms with E-state index in [-0.39, 0.29) is 5.69 Å². The van der Waals surface area contributed by atoms with Gasteiger partial charge in [-0.15, -0.1) is 0 Å². The molecule has 2 aliphatic rings. The van der Waals surface area contributed by atoms with Crippen molar-refractivity contribution in [2.75, 3.05) is 11.5 Å². The van der Waals surface area contributed by atoms with Crippen LogP contribution in [0.4, 0.5) is 5.69 Å². The molecule has 0 bridgehead atoms. The smallest absolute Gasteiger partial charge is 0.237 e. The first-order valence-corrected chi connectivity index (χ1v) is 9.99. The third kappa shape index (κ3) is 4.82. The average Bonchev–Trinajstić information content (AvgIpc) is 3.03. The second-order valence-corrected chi connectivity index (χ2v) is 7.76. The van der Waals surface area contributed by atoms with E-state index in [2.05, 4.69) is 0 Å². The molecule has 3 rings (SSSR count). The number of carbonyl (C=O) groups excluding carboxylic acids is 4. The number of benzene rings is 1. The molecule has 0 radical (unpaired) electrons. The van der Waals surface area contributed by atoms with Crippen LogP contribution in [0.25, 0.3) is 0 Å². The van der Waals surface area contributed by atoms with Gasteiger partial charge in [-0.3, -0.25) is 14.5 Å². The highest BCUT2D eigenvalue weighted by atomic mass is 16.6. The number of carboxylic acids is 2. The van der Waals surface area contributed by atoms with E-state index in [1.807, 2.05) is 5.32 Å².